The molecule has 3 nitrogen and oxygen atoms in total. The Morgan fingerprint density at radius 3 is 2.79 bits per heavy atom. The van der Waals surface area contributed by atoms with Crippen molar-refractivity contribution >= 4 is 0 Å². The molecule has 1 atom stereocenters. The fraction of sp³-hybridized carbons (Fsp3) is 0.400. The van der Waals surface area contributed by atoms with Crippen molar-refractivity contribution < 1.29 is 14.0 Å². The number of halogens is 1. The largest absolute Gasteiger partial charge is 0.493 e. The summed E-state index contributed by atoms with van der Waals surface area (Å²) in [7, 11) is 1.44. The van der Waals surface area contributed by atoms with Gasteiger partial charge in [0.25, 0.3) is 0 Å². The van der Waals surface area contributed by atoms with Crippen molar-refractivity contribution in [2.45, 2.75) is 12.8 Å². The Morgan fingerprint density at radius 2 is 2.21 bits per heavy atom. The lowest BCUT2D eigenvalue weighted by molar-refractivity contribution is 0.126. The summed E-state index contributed by atoms with van der Waals surface area (Å²) in [6, 6.07) is 4.80. The lowest BCUT2D eigenvalue weighted by atomic mass is 10.0. The van der Waals surface area contributed by atoms with Crippen molar-refractivity contribution in [3.05, 3.63) is 29.6 Å². The van der Waals surface area contributed by atoms with Crippen LogP contribution in [0.5, 0.6) is 5.75 Å². The minimum atomic E-state index is -0.367. The Hall–Kier alpha value is -1.13. The Balaban J connectivity index is 3.00. The second kappa shape index (κ2) is 4.93. The van der Waals surface area contributed by atoms with Gasteiger partial charge in [-0.1, -0.05) is 19.1 Å². The van der Waals surface area contributed by atoms with E-state index >= 15 is 0 Å². The zero-order chi connectivity index (χ0) is 10.6. The van der Waals surface area contributed by atoms with Crippen LogP contribution < -0.4 is 10.6 Å². The summed E-state index contributed by atoms with van der Waals surface area (Å²) in [4.78, 5) is 4.52. The van der Waals surface area contributed by atoms with Crippen molar-refractivity contribution in [3.63, 3.8) is 0 Å². The molecule has 0 radical (unpaired) electrons. The van der Waals surface area contributed by atoms with E-state index in [1.807, 2.05) is 6.92 Å². The van der Waals surface area contributed by atoms with E-state index in [-0.39, 0.29) is 17.5 Å². The molecule has 0 bridgehead atoms. The molecule has 0 saturated heterocycles. The third-order valence-electron chi connectivity index (χ3n) is 2.08. The number of benzene rings is 1. The van der Waals surface area contributed by atoms with Gasteiger partial charge in [-0.25, -0.2) is 10.3 Å². The van der Waals surface area contributed by atoms with Gasteiger partial charge in [0.05, 0.1) is 13.7 Å². The van der Waals surface area contributed by atoms with Gasteiger partial charge >= 0.3 is 0 Å². The van der Waals surface area contributed by atoms with E-state index in [1.165, 1.54) is 13.2 Å². The zero-order valence-electron chi connectivity index (χ0n) is 8.29. The van der Waals surface area contributed by atoms with Gasteiger partial charge in [0.2, 0.25) is 0 Å². The van der Waals surface area contributed by atoms with Crippen molar-refractivity contribution in [1.29, 1.82) is 0 Å². The van der Waals surface area contributed by atoms with Gasteiger partial charge in [-0.2, -0.15) is 0 Å². The topological polar surface area (TPSA) is 44.5 Å². The predicted octanol–water partition coefficient (Wildman–Crippen LogP) is 1.83. The summed E-state index contributed by atoms with van der Waals surface area (Å²) in [6.07, 6.45) is 0. The van der Waals surface area contributed by atoms with Gasteiger partial charge in [-0.05, 0) is 6.07 Å². The van der Waals surface area contributed by atoms with E-state index in [0.717, 1.165) is 5.56 Å². The van der Waals surface area contributed by atoms with E-state index in [0.29, 0.717) is 6.61 Å². The van der Waals surface area contributed by atoms with Crippen LogP contribution in [0.4, 0.5) is 4.39 Å². The molecule has 1 aromatic rings. The summed E-state index contributed by atoms with van der Waals surface area (Å²) < 4.78 is 18.2. The highest BCUT2D eigenvalue weighted by atomic mass is 19.1. The number of nitrogens with two attached hydrogens (primary N) is 1. The minimum Gasteiger partial charge on any atom is -0.493 e. The highest BCUT2D eigenvalue weighted by molar-refractivity contribution is 5.37. The maximum absolute atomic E-state index is 13.3. The number of ether oxygens (including phenoxy) is 1. The summed E-state index contributed by atoms with van der Waals surface area (Å²) >= 11 is 0. The van der Waals surface area contributed by atoms with Crippen molar-refractivity contribution in [2.75, 3.05) is 13.7 Å². The van der Waals surface area contributed by atoms with Crippen LogP contribution >= 0.6 is 0 Å². The smallest absolute Gasteiger partial charge is 0.165 e. The first-order valence-electron chi connectivity index (χ1n) is 4.34. The van der Waals surface area contributed by atoms with Crippen LogP contribution in [-0.4, -0.2) is 13.7 Å². The maximum atomic E-state index is 13.3. The van der Waals surface area contributed by atoms with Crippen LogP contribution in [0.3, 0.4) is 0 Å². The molecule has 1 rings (SSSR count). The molecule has 0 aliphatic carbocycles. The SMILES string of the molecule is COc1c(F)cccc1C(C)CON. The summed E-state index contributed by atoms with van der Waals surface area (Å²) in [5.74, 6) is 4.86. The summed E-state index contributed by atoms with van der Waals surface area (Å²) in [5, 5.41) is 0. The van der Waals surface area contributed by atoms with Gasteiger partial charge in [-0.3, -0.25) is 0 Å². The molecule has 78 valence electrons. The molecule has 0 aliphatic heterocycles. The Kier molecular flexibility index (Phi) is 3.85. The quantitative estimate of drug-likeness (QED) is 0.752. The van der Waals surface area contributed by atoms with Crippen molar-refractivity contribution in [1.82, 2.24) is 0 Å². The van der Waals surface area contributed by atoms with Crippen LogP contribution in [0.15, 0.2) is 18.2 Å². The maximum Gasteiger partial charge on any atom is 0.165 e. The Labute approximate surface area is 82.6 Å². The first kappa shape index (κ1) is 10.9. The molecule has 4 heteroatoms. The molecule has 1 aromatic carbocycles. The first-order chi connectivity index (χ1) is 6.70. The van der Waals surface area contributed by atoms with Gasteiger partial charge < -0.3 is 9.57 Å². The Morgan fingerprint density at radius 1 is 1.50 bits per heavy atom. The average Bonchev–Trinajstić information content (AvgIpc) is 2.17. The molecule has 14 heavy (non-hydrogen) atoms. The fourth-order valence-corrected chi connectivity index (χ4v) is 1.36. The van der Waals surface area contributed by atoms with Crippen LogP contribution in [0.2, 0.25) is 0 Å². The van der Waals surface area contributed by atoms with Gasteiger partial charge in [0.15, 0.2) is 11.6 Å². The van der Waals surface area contributed by atoms with E-state index in [1.54, 1.807) is 12.1 Å². The second-order valence-corrected chi connectivity index (χ2v) is 3.10. The minimum absolute atomic E-state index is 0.00523. The molecule has 0 aliphatic rings. The number of para-hydroxylation sites is 1. The lowest BCUT2D eigenvalue weighted by Gasteiger charge is -2.14. The monoisotopic (exact) mass is 199 g/mol. The lowest BCUT2D eigenvalue weighted by Crippen LogP contribution is -2.10. The Bertz CT molecular complexity index is 304. The van der Waals surface area contributed by atoms with E-state index in [2.05, 4.69) is 4.84 Å². The predicted molar refractivity (Wildman–Crippen MR) is 51.5 cm³/mol. The highest BCUT2D eigenvalue weighted by Gasteiger charge is 2.14. The summed E-state index contributed by atoms with van der Waals surface area (Å²) in [5.41, 5.74) is 0.762. The first-order valence-corrected chi connectivity index (χ1v) is 4.34. The highest BCUT2D eigenvalue weighted by Crippen LogP contribution is 2.28. The standard InChI is InChI=1S/C10H14FNO2/c1-7(6-14-12)8-4-3-5-9(11)10(8)13-2/h3-5,7H,6,12H2,1-2H3. The van der Waals surface area contributed by atoms with Crippen LogP contribution in [0.1, 0.15) is 18.4 Å². The second-order valence-electron chi connectivity index (χ2n) is 3.10. The van der Waals surface area contributed by atoms with E-state index in [4.69, 9.17) is 10.6 Å². The van der Waals surface area contributed by atoms with Crippen LogP contribution in [0, 0.1) is 5.82 Å². The van der Waals surface area contributed by atoms with Crippen LogP contribution in [-0.2, 0) is 4.84 Å². The van der Waals surface area contributed by atoms with E-state index in [9.17, 15) is 4.39 Å². The van der Waals surface area contributed by atoms with E-state index < -0.39 is 0 Å². The normalized spacial score (nSPS) is 12.6. The third kappa shape index (κ3) is 2.21. The fourth-order valence-electron chi connectivity index (χ4n) is 1.36. The molecule has 0 saturated carbocycles. The molecule has 0 amide bonds. The molecular weight excluding hydrogens is 185 g/mol. The van der Waals surface area contributed by atoms with Crippen molar-refractivity contribution in [3.8, 4) is 5.75 Å². The van der Waals surface area contributed by atoms with Gasteiger partial charge in [0, 0.05) is 11.5 Å². The number of methoxy groups -OCH3 is 1. The zero-order valence-corrected chi connectivity index (χ0v) is 8.29. The number of hydrogen-bond acceptors (Lipinski definition) is 3. The molecular formula is C10H14FNO2. The number of rotatable bonds is 4. The summed E-state index contributed by atoms with van der Waals surface area (Å²) in [6.45, 7) is 2.23. The van der Waals surface area contributed by atoms with Gasteiger partial charge in [-0.15, -0.1) is 0 Å². The third-order valence-corrected chi connectivity index (χ3v) is 2.08. The number of hydrogen-bond donors (Lipinski definition) is 1. The molecule has 2 N–H and O–H groups in total. The molecule has 1 unspecified atom stereocenters. The van der Waals surface area contributed by atoms with Crippen LogP contribution in [0.25, 0.3) is 0 Å². The molecule has 0 fully saturated rings. The molecule has 0 aromatic heterocycles. The molecule has 0 spiro atoms. The van der Waals surface area contributed by atoms with Crippen molar-refractivity contribution in [2.24, 2.45) is 5.90 Å². The van der Waals surface area contributed by atoms with Gasteiger partial charge in [0.1, 0.15) is 0 Å². The average molecular weight is 199 g/mol. The molecule has 0 heterocycles.